The molecule has 1 aliphatic heterocycles. The third-order valence-corrected chi connectivity index (χ3v) is 3.78. The summed E-state index contributed by atoms with van der Waals surface area (Å²) < 4.78 is 5.50. The number of aryl methyl sites for hydroxylation is 1. The van der Waals surface area contributed by atoms with Gasteiger partial charge >= 0.3 is 0 Å². The molecule has 0 spiro atoms. The molecule has 0 atom stereocenters. The van der Waals surface area contributed by atoms with Gasteiger partial charge in [-0.05, 0) is 52.5 Å². The predicted octanol–water partition coefficient (Wildman–Crippen LogP) is 3.65. The van der Waals surface area contributed by atoms with Crippen LogP contribution in [0.15, 0.2) is 39.6 Å². The van der Waals surface area contributed by atoms with Crippen molar-refractivity contribution in [1.82, 2.24) is 0 Å². The van der Waals surface area contributed by atoms with Gasteiger partial charge in [0.1, 0.15) is 0 Å². The molecule has 0 saturated carbocycles. The Labute approximate surface area is 119 Å². The van der Waals surface area contributed by atoms with Crippen molar-refractivity contribution in [1.29, 1.82) is 0 Å². The first-order valence-electron chi connectivity index (χ1n) is 6.15. The van der Waals surface area contributed by atoms with E-state index in [2.05, 4.69) is 32.6 Å². The molecule has 1 aromatic carbocycles. The smallest absolute Gasteiger partial charge is 0.260 e. The highest BCUT2D eigenvalue weighted by Crippen LogP contribution is 2.26. The Hall–Kier alpha value is -1.75. The van der Waals surface area contributed by atoms with E-state index in [-0.39, 0.29) is 5.91 Å². The van der Waals surface area contributed by atoms with Crippen molar-refractivity contribution in [2.45, 2.75) is 12.8 Å². The van der Waals surface area contributed by atoms with Crippen LogP contribution in [-0.2, 0) is 6.42 Å². The van der Waals surface area contributed by atoms with Crippen LogP contribution in [0.25, 0.3) is 0 Å². The van der Waals surface area contributed by atoms with Gasteiger partial charge < -0.3 is 15.1 Å². The molecule has 19 heavy (non-hydrogen) atoms. The molecule has 0 bridgehead atoms. The summed E-state index contributed by atoms with van der Waals surface area (Å²) in [6.45, 7) is 0.984. The van der Waals surface area contributed by atoms with Crippen molar-refractivity contribution in [2.75, 3.05) is 17.2 Å². The molecule has 0 saturated heterocycles. The van der Waals surface area contributed by atoms with E-state index in [1.54, 1.807) is 6.07 Å². The lowest BCUT2D eigenvalue weighted by molar-refractivity contribution is 0.102. The molecule has 2 aromatic rings. The lowest BCUT2D eigenvalue weighted by Gasteiger charge is -2.18. The van der Waals surface area contributed by atoms with Crippen molar-refractivity contribution in [3.8, 4) is 0 Å². The Morgan fingerprint density at radius 1 is 1.37 bits per heavy atom. The summed E-state index contributed by atoms with van der Waals surface area (Å²) in [6, 6.07) is 7.59. The molecular weight excluding hydrogens is 308 g/mol. The van der Waals surface area contributed by atoms with Gasteiger partial charge in [0.15, 0.2) is 4.67 Å². The van der Waals surface area contributed by atoms with Crippen LogP contribution in [-0.4, -0.2) is 12.5 Å². The first-order chi connectivity index (χ1) is 9.24. The number of hydrogen-bond donors (Lipinski definition) is 2. The monoisotopic (exact) mass is 320 g/mol. The molecule has 0 radical (unpaired) electrons. The van der Waals surface area contributed by atoms with Gasteiger partial charge in [-0.15, -0.1) is 0 Å². The summed E-state index contributed by atoms with van der Waals surface area (Å²) in [6.07, 6.45) is 3.72. The quantitative estimate of drug-likeness (QED) is 0.888. The number of rotatable bonds is 2. The fourth-order valence-electron chi connectivity index (χ4n) is 2.19. The number of halogens is 1. The van der Waals surface area contributed by atoms with E-state index in [9.17, 15) is 4.79 Å². The van der Waals surface area contributed by atoms with Crippen molar-refractivity contribution in [3.63, 3.8) is 0 Å². The number of hydrogen-bond acceptors (Lipinski definition) is 3. The lowest BCUT2D eigenvalue weighted by atomic mass is 10.0. The molecule has 1 aromatic heterocycles. The van der Waals surface area contributed by atoms with Gasteiger partial charge in [0, 0.05) is 17.9 Å². The molecule has 3 rings (SSSR count). The SMILES string of the molecule is O=C(Nc1ccc2c(c1)NCCC2)c1ccoc1Br. The number of amides is 1. The van der Waals surface area contributed by atoms with E-state index in [4.69, 9.17) is 4.42 Å². The van der Waals surface area contributed by atoms with Gasteiger partial charge in [-0.25, -0.2) is 0 Å². The first kappa shape index (κ1) is 12.3. The molecule has 1 aliphatic rings. The van der Waals surface area contributed by atoms with Crippen LogP contribution < -0.4 is 10.6 Å². The molecule has 0 aliphatic carbocycles. The average Bonchev–Trinajstić information content (AvgIpc) is 2.85. The number of anilines is 2. The molecule has 4 nitrogen and oxygen atoms in total. The van der Waals surface area contributed by atoms with Crippen LogP contribution in [0, 0.1) is 0 Å². The van der Waals surface area contributed by atoms with Crippen molar-refractivity contribution in [3.05, 3.63) is 46.3 Å². The number of carbonyl (C=O) groups is 1. The molecule has 98 valence electrons. The Morgan fingerprint density at radius 3 is 3.05 bits per heavy atom. The zero-order chi connectivity index (χ0) is 13.2. The van der Waals surface area contributed by atoms with Crippen LogP contribution in [0.3, 0.4) is 0 Å². The van der Waals surface area contributed by atoms with Gasteiger partial charge in [-0.2, -0.15) is 0 Å². The average molecular weight is 321 g/mol. The summed E-state index contributed by atoms with van der Waals surface area (Å²) in [7, 11) is 0. The van der Waals surface area contributed by atoms with E-state index in [0.717, 1.165) is 30.8 Å². The van der Waals surface area contributed by atoms with Crippen LogP contribution in [0.5, 0.6) is 0 Å². The Balaban J connectivity index is 1.80. The molecule has 2 heterocycles. The summed E-state index contributed by atoms with van der Waals surface area (Å²) in [5.74, 6) is -0.184. The predicted molar refractivity (Wildman–Crippen MR) is 77.6 cm³/mol. The number of fused-ring (bicyclic) bond motifs is 1. The maximum Gasteiger partial charge on any atom is 0.260 e. The minimum absolute atomic E-state index is 0.184. The second-order valence-electron chi connectivity index (χ2n) is 4.46. The van der Waals surface area contributed by atoms with Gasteiger partial charge in [-0.1, -0.05) is 6.07 Å². The molecule has 1 amide bonds. The third kappa shape index (κ3) is 2.51. The number of nitrogens with one attached hydrogen (secondary N) is 2. The third-order valence-electron chi connectivity index (χ3n) is 3.17. The first-order valence-corrected chi connectivity index (χ1v) is 6.94. The van der Waals surface area contributed by atoms with Crippen LogP contribution >= 0.6 is 15.9 Å². The largest absolute Gasteiger partial charge is 0.457 e. The van der Waals surface area contributed by atoms with Crippen molar-refractivity contribution >= 4 is 33.2 Å². The fraction of sp³-hybridized carbons (Fsp3) is 0.214. The van der Waals surface area contributed by atoms with Crippen molar-refractivity contribution < 1.29 is 9.21 Å². The zero-order valence-electron chi connectivity index (χ0n) is 10.2. The van der Waals surface area contributed by atoms with E-state index in [0.29, 0.717) is 10.2 Å². The minimum atomic E-state index is -0.184. The Bertz CT molecular complexity index is 622. The van der Waals surface area contributed by atoms with E-state index >= 15 is 0 Å². The molecule has 5 heteroatoms. The van der Waals surface area contributed by atoms with Crippen molar-refractivity contribution in [2.24, 2.45) is 0 Å². The van der Waals surface area contributed by atoms with Crippen LogP contribution in [0.2, 0.25) is 0 Å². The van der Waals surface area contributed by atoms with Crippen LogP contribution in [0.4, 0.5) is 11.4 Å². The highest BCUT2D eigenvalue weighted by molar-refractivity contribution is 9.10. The zero-order valence-corrected chi connectivity index (χ0v) is 11.8. The number of carbonyl (C=O) groups excluding carboxylic acids is 1. The summed E-state index contributed by atoms with van der Waals surface area (Å²) in [4.78, 5) is 12.0. The van der Waals surface area contributed by atoms with Gasteiger partial charge in [0.2, 0.25) is 0 Å². The molecule has 0 unspecified atom stereocenters. The molecular formula is C14H13BrN2O2. The Kier molecular flexibility index (Phi) is 3.29. The minimum Gasteiger partial charge on any atom is -0.457 e. The maximum atomic E-state index is 12.0. The molecule has 0 fully saturated rings. The standard InChI is InChI=1S/C14H13BrN2O2/c15-13-11(5-7-19-13)14(18)17-10-4-3-9-2-1-6-16-12(9)8-10/h3-5,7-8,16H,1-2,6H2,(H,17,18). The number of benzene rings is 1. The van der Waals surface area contributed by atoms with Gasteiger partial charge in [-0.3, -0.25) is 4.79 Å². The summed E-state index contributed by atoms with van der Waals surface area (Å²) in [5, 5.41) is 6.21. The van der Waals surface area contributed by atoms with Gasteiger partial charge in [0.05, 0.1) is 11.8 Å². The molecule has 2 N–H and O–H groups in total. The summed E-state index contributed by atoms with van der Waals surface area (Å²) in [5.41, 5.74) is 3.68. The van der Waals surface area contributed by atoms with Gasteiger partial charge in [0.25, 0.3) is 5.91 Å². The normalized spacial score (nSPS) is 13.5. The second-order valence-corrected chi connectivity index (χ2v) is 5.18. The Morgan fingerprint density at radius 2 is 2.26 bits per heavy atom. The van der Waals surface area contributed by atoms with Crippen LogP contribution in [0.1, 0.15) is 22.3 Å². The summed E-state index contributed by atoms with van der Waals surface area (Å²) >= 11 is 3.20. The van der Waals surface area contributed by atoms with E-state index in [1.165, 1.54) is 11.8 Å². The highest BCUT2D eigenvalue weighted by Gasteiger charge is 2.14. The van der Waals surface area contributed by atoms with E-state index < -0.39 is 0 Å². The van der Waals surface area contributed by atoms with E-state index in [1.807, 2.05) is 12.1 Å². The second kappa shape index (κ2) is 5.09. The lowest BCUT2D eigenvalue weighted by Crippen LogP contribution is -2.14. The highest BCUT2D eigenvalue weighted by atomic mass is 79.9. The number of furan rings is 1. The topological polar surface area (TPSA) is 54.3 Å². The maximum absolute atomic E-state index is 12.0. The fourth-order valence-corrected chi connectivity index (χ4v) is 2.61.